The molecule has 4 rings (SSSR count). The average Bonchev–Trinajstić information content (AvgIpc) is 2.97. The first kappa shape index (κ1) is 17.7. The summed E-state index contributed by atoms with van der Waals surface area (Å²) >= 11 is 1.53. The summed E-state index contributed by atoms with van der Waals surface area (Å²) in [6.07, 6.45) is 3.76. The SMILES string of the molecule is CC(=O)N1c2ccccc2C2(O)N=C(CN3CCCCC3)SC12.Cl. The van der Waals surface area contributed by atoms with Crippen LogP contribution in [0.1, 0.15) is 31.7 Å². The molecule has 0 saturated carbocycles. The van der Waals surface area contributed by atoms with E-state index in [1.165, 1.54) is 31.0 Å². The molecule has 3 aliphatic heterocycles. The van der Waals surface area contributed by atoms with Gasteiger partial charge >= 0.3 is 0 Å². The number of hydrogen-bond donors (Lipinski definition) is 1. The Morgan fingerprint density at radius 3 is 2.75 bits per heavy atom. The van der Waals surface area contributed by atoms with Crippen LogP contribution in [-0.2, 0) is 10.5 Å². The predicted molar refractivity (Wildman–Crippen MR) is 99.9 cm³/mol. The first-order chi connectivity index (χ1) is 11.1. The molecule has 1 aromatic carbocycles. The number of nitrogens with zero attached hydrogens (tertiary/aromatic N) is 3. The summed E-state index contributed by atoms with van der Waals surface area (Å²) in [7, 11) is 0. The molecule has 1 N–H and O–H groups in total. The highest BCUT2D eigenvalue weighted by Crippen LogP contribution is 2.53. The molecule has 1 saturated heterocycles. The van der Waals surface area contributed by atoms with Crippen LogP contribution in [0.2, 0.25) is 0 Å². The Morgan fingerprint density at radius 2 is 2.04 bits per heavy atom. The molecule has 1 fully saturated rings. The Morgan fingerprint density at radius 1 is 1.33 bits per heavy atom. The van der Waals surface area contributed by atoms with Crippen molar-refractivity contribution in [3.8, 4) is 0 Å². The Labute approximate surface area is 152 Å². The van der Waals surface area contributed by atoms with Crippen LogP contribution < -0.4 is 4.90 Å². The Bertz CT molecular complexity index is 678. The van der Waals surface area contributed by atoms with Gasteiger partial charge in [-0.2, -0.15) is 0 Å². The van der Waals surface area contributed by atoms with Crippen LogP contribution in [0.15, 0.2) is 29.3 Å². The van der Waals surface area contributed by atoms with Gasteiger partial charge in [0, 0.05) is 19.0 Å². The van der Waals surface area contributed by atoms with E-state index in [4.69, 9.17) is 0 Å². The molecule has 3 heterocycles. The van der Waals surface area contributed by atoms with Crippen molar-refractivity contribution in [3.05, 3.63) is 29.8 Å². The van der Waals surface area contributed by atoms with Gasteiger partial charge in [0.15, 0.2) is 0 Å². The molecule has 130 valence electrons. The number of para-hydroxylation sites is 1. The Kier molecular flexibility index (Phi) is 4.93. The van der Waals surface area contributed by atoms with Crippen molar-refractivity contribution in [3.63, 3.8) is 0 Å². The molecule has 5 nitrogen and oxygen atoms in total. The lowest BCUT2D eigenvalue weighted by Gasteiger charge is -2.27. The number of anilines is 1. The molecule has 0 radical (unpaired) electrons. The van der Waals surface area contributed by atoms with Crippen molar-refractivity contribution in [1.82, 2.24) is 4.90 Å². The third-order valence-corrected chi connectivity index (χ3v) is 6.08. The molecule has 1 amide bonds. The van der Waals surface area contributed by atoms with Gasteiger partial charge in [-0.3, -0.25) is 14.6 Å². The lowest BCUT2D eigenvalue weighted by Crippen LogP contribution is -2.41. The van der Waals surface area contributed by atoms with E-state index < -0.39 is 5.72 Å². The summed E-state index contributed by atoms with van der Waals surface area (Å²) in [4.78, 5) is 20.9. The van der Waals surface area contributed by atoms with E-state index in [0.717, 1.165) is 35.9 Å². The maximum atomic E-state index is 12.1. The summed E-state index contributed by atoms with van der Waals surface area (Å²) in [5, 5.41) is 11.7. The topological polar surface area (TPSA) is 56.1 Å². The molecular weight excluding hydrogens is 346 g/mol. The summed E-state index contributed by atoms with van der Waals surface area (Å²) in [5.74, 6) is -0.0553. The van der Waals surface area contributed by atoms with E-state index in [1.807, 2.05) is 24.3 Å². The zero-order chi connectivity index (χ0) is 16.0. The van der Waals surface area contributed by atoms with Crippen molar-refractivity contribution in [2.45, 2.75) is 37.3 Å². The van der Waals surface area contributed by atoms with E-state index in [2.05, 4.69) is 9.89 Å². The van der Waals surface area contributed by atoms with Crippen LogP contribution in [0.3, 0.4) is 0 Å². The minimum Gasteiger partial charge on any atom is -0.363 e. The lowest BCUT2D eigenvalue weighted by atomic mass is 10.1. The zero-order valence-corrected chi connectivity index (χ0v) is 15.3. The van der Waals surface area contributed by atoms with Gasteiger partial charge in [-0.25, -0.2) is 4.99 Å². The highest BCUT2D eigenvalue weighted by atomic mass is 35.5. The van der Waals surface area contributed by atoms with Gasteiger partial charge in [-0.1, -0.05) is 36.4 Å². The largest absolute Gasteiger partial charge is 0.363 e. The highest BCUT2D eigenvalue weighted by molar-refractivity contribution is 8.15. The average molecular weight is 368 g/mol. The van der Waals surface area contributed by atoms with Gasteiger partial charge in [0.25, 0.3) is 0 Å². The predicted octanol–water partition coefficient (Wildman–Crippen LogP) is 2.58. The van der Waals surface area contributed by atoms with Crippen molar-refractivity contribution in [1.29, 1.82) is 0 Å². The monoisotopic (exact) mass is 367 g/mol. The molecule has 2 unspecified atom stereocenters. The Hall–Kier alpha value is -1.08. The number of hydrogen-bond acceptors (Lipinski definition) is 5. The number of likely N-dealkylation sites (tertiary alicyclic amines) is 1. The van der Waals surface area contributed by atoms with Gasteiger partial charge in [0.05, 0.1) is 10.7 Å². The third-order valence-electron chi connectivity index (χ3n) is 4.83. The van der Waals surface area contributed by atoms with E-state index in [-0.39, 0.29) is 23.7 Å². The van der Waals surface area contributed by atoms with E-state index in [0.29, 0.717) is 0 Å². The second kappa shape index (κ2) is 6.67. The molecule has 3 aliphatic rings. The highest BCUT2D eigenvalue weighted by Gasteiger charge is 2.56. The van der Waals surface area contributed by atoms with E-state index in [9.17, 15) is 9.90 Å². The molecule has 2 atom stereocenters. The van der Waals surface area contributed by atoms with Crippen molar-refractivity contribution in [2.75, 3.05) is 24.5 Å². The quantitative estimate of drug-likeness (QED) is 0.872. The van der Waals surface area contributed by atoms with E-state index >= 15 is 0 Å². The first-order valence-electron chi connectivity index (χ1n) is 8.19. The molecule has 7 heteroatoms. The van der Waals surface area contributed by atoms with Crippen LogP contribution in [0.25, 0.3) is 0 Å². The number of amides is 1. The van der Waals surface area contributed by atoms with Crippen molar-refractivity contribution in [2.24, 2.45) is 4.99 Å². The second-order valence-electron chi connectivity index (χ2n) is 6.44. The maximum absolute atomic E-state index is 12.1. The normalized spacial score (nSPS) is 28.8. The number of benzene rings is 1. The van der Waals surface area contributed by atoms with Gasteiger partial charge in [0.2, 0.25) is 11.6 Å². The summed E-state index contributed by atoms with van der Waals surface area (Å²) in [5.41, 5.74) is 0.208. The number of fused-ring (bicyclic) bond motifs is 3. The van der Waals surface area contributed by atoms with E-state index in [1.54, 1.807) is 11.8 Å². The summed E-state index contributed by atoms with van der Waals surface area (Å²) in [6, 6.07) is 7.54. The second-order valence-corrected chi connectivity index (χ2v) is 7.60. The fraction of sp³-hybridized carbons (Fsp3) is 0.529. The molecule has 0 spiro atoms. The molecule has 0 aliphatic carbocycles. The van der Waals surface area contributed by atoms with Gasteiger partial charge < -0.3 is 5.11 Å². The lowest BCUT2D eigenvalue weighted by molar-refractivity contribution is -0.117. The zero-order valence-electron chi connectivity index (χ0n) is 13.6. The molecular formula is C17H22ClN3O2S. The van der Waals surface area contributed by atoms with Gasteiger partial charge in [-0.15, -0.1) is 12.4 Å². The van der Waals surface area contributed by atoms with Crippen LogP contribution in [0.5, 0.6) is 0 Å². The van der Waals surface area contributed by atoms with Gasteiger partial charge in [-0.05, 0) is 32.0 Å². The molecule has 0 bridgehead atoms. The van der Waals surface area contributed by atoms with Crippen LogP contribution in [0, 0.1) is 0 Å². The number of thioether (sulfide) groups is 1. The number of rotatable bonds is 2. The minimum atomic E-state index is -1.31. The van der Waals surface area contributed by atoms with Gasteiger partial charge in [0.1, 0.15) is 5.37 Å². The third kappa shape index (κ3) is 2.75. The number of aliphatic imine (C=N–C) groups is 1. The molecule has 24 heavy (non-hydrogen) atoms. The Balaban J connectivity index is 0.00000169. The number of halogens is 1. The first-order valence-corrected chi connectivity index (χ1v) is 9.07. The number of carbonyl (C=O) groups excluding carboxylic acids is 1. The van der Waals surface area contributed by atoms with Crippen LogP contribution >= 0.6 is 24.2 Å². The fourth-order valence-electron chi connectivity index (χ4n) is 3.75. The van der Waals surface area contributed by atoms with Crippen molar-refractivity contribution >= 4 is 40.8 Å². The van der Waals surface area contributed by atoms with Crippen LogP contribution in [-0.4, -0.2) is 46.0 Å². The summed E-state index contributed by atoms with van der Waals surface area (Å²) < 4.78 is 0. The molecule has 0 aromatic heterocycles. The number of piperidine rings is 1. The maximum Gasteiger partial charge on any atom is 0.225 e. The number of aliphatic hydroxyl groups is 1. The smallest absolute Gasteiger partial charge is 0.225 e. The molecule has 1 aromatic rings. The van der Waals surface area contributed by atoms with Crippen molar-refractivity contribution < 1.29 is 9.90 Å². The number of carbonyl (C=O) groups is 1. The summed E-state index contributed by atoms with van der Waals surface area (Å²) in [6.45, 7) is 4.51. The standard InChI is InChI=1S/C17H21N3O2S.ClH/c1-12(21)20-14-8-4-3-7-13(14)17(22)16(20)23-15(18-17)11-19-9-5-2-6-10-19;/h3-4,7-8,16,22H,2,5-6,9-11H2,1H3;1H. The van der Waals surface area contributed by atoms with Crippen LogP contribution in [0.4, 0.5) is 5.69 Å². The minimum absolute atomic E-state index is 0. The fourth-order valence-corrected chi connectivity index (χ4v) is 5.16.